The molecule has 11 atom stereocenters. The van der Waals surface area contributed by atoms with Crippen molar-refractivity contribution >= 4 is 11.9 Å². The van der Waals surface area contributed by atoms with Crippen LogP contribution < -0.4 is 0 Å². The van der Waals surface area contributed by atoms with E-state index in [9.17, 15) is 24.9 Å². The van der Waals surface area contributed by atoms with Gasteiger partial charge in [-0.15, -0.1) is 0 Å². The smallest absolute Gasteiger partial charge is 0.302 e. The number of fused-ring (bicyclic) bond motifs is 5. The molecule has 1 saturated heterocycles. The van der Waals surface area contributed by atoms with Crippen LogP contribution in [0.4, 0.5) is 0 Å². The molecule has 0 spiro atoms. The van der Waals surface area contributed by atoms with Crippen LogP contribution >= 0.6 is 0 Å². The van der Waals surface area contributed by atoms with E-state index in [2.05, 4.69) is 40.7 Å². The molecule has 42 heavy (non-hydrogen) atoms. The van der Waals surface area contributed by atoms with Crippen molar-refractivity contribution in [2.24, 2.45) is 45.3 Å². The molecular weight excluding hydrogens is 536 g/mol. The highest BCUT2D eigenvalue weighted by atomic mass is 16.7. The van der Waals surface area contributed by atoms with Gasteiger partial charge in [-0.3, -0.25) is 9.59 Å². The number of rotatable bonds is 4. The van der Waals surface area contributed by atoms with Gasteiger partial charge in [0.25, 0.3) is 0 Å². The normalized spacial score (nSPS) is 48.3. The molecule has 0 aromatic heterocycles. The van der Waals surface area contributed by atoms with E-state index in [1.165, 1.54) is 33.3 Å². The van der Waals surface area contributed by atoms with Crippen LogP contribution in [-0.4, -0.2) is 63.6 Å². The first-order valence-corrected chi connectivity index (χ1v) is 16.0. The number of aliphatic hydroxyl groups excluding tert-OH is 1. The molecule has 0 unspecified atom stereocenters. The van der Waals surface area contributed by atoms with E-state index in [-0.39, 0.29) is 76.1 Å². The van der Waals surface area contributed by atoms with Gasteiger partial charge in [-0.25, -0.2) is 0 Å². The fourth-order valence-electron chi connectivity index (χ4n) is 11.2. The summed E-state index contributed by atoms with van der Waals surface area (Å²) >= 11 is 0. The SMILES string of the molecule is CC(=O)O[C@@H]1CC[C@]2(C)[C@H]3CC[C@]4(C)C(=CC[C@H]4[C@H]4CO[C@](O)(C(C)(C)O)[C@H](O)C4)[C@]3(C)[C@H](OC(C)=O)C[C@H]2C1(C)C. The second kappa shape index (κ2) is 10.0. The topological polar surface area (TPSA) is 123 Å². The van der Waals surface area contributed by atoms with Crippen LogP contribution in [0.15, 0.2) is 11.6 Å². The molecule has 8 nitrogen and oxygen atoms in total. The monoisotopic (exact) mass is 590 g/mol. The Morgan fingerprint density at radius 1 is 0.952 bits per heavy atom. The Labute approximate surface area is 251 Å². The van der Waals surface area contributed by atoms with Gasteiger partial charge in [0.15, 0.2) is 0 Å². The predicted octanol–water partition coefficient (Wildman–Crippen LogP) is 4.92. The zero-order valence-electron chi connectivity index (χ0n) is 27.2. The Morgan fingerprint density at radius 2 is 1.57 bits per heavy atom. The van der Waals surface area contributed by atoms with E-state index in [1.807, 2.05) is 0 Å². The van der Waals surface area contributed by atoms with Crippen LogP contribution in [0.2, 0.25) is 0 Å². The van der Waals surface area contributed by atoms with Gasteiger partial charge in [-0.1, -0.05) is 46.3 Å². The quantitative estimate of drug-likeness (QED) is 0.312. The summed E-state index contributed by atoms with van der Waals surface area (Å²) in [5.74, 6) is -1.81. The lowest BCUT2D eigenvalue weighted by Crippen LogP contribution is -2.66. The molecule has 4 aliphatic carbocycles. The first-order valence-electron chi connectivity index (χ1n) is 16.0. The minimum Gasteiger partial charge on any atom is -0.462 e. The molecule has 1 aliphatic heterocycles. The number of hydrogen-bond donors (Lipinski definition) is 3. The molecule has 238 valence electrons. The summed E-state index contributed by atoms with van der Waals surface area (Å²) < 4.78 is 18.0. The van der Waals surface area contributed by atoms with Crippen LogP contribution in [0.25, 0.3) is 0 Å². The van der Waals surface area contributed by atoms with Gasteiger partial charge >= 0.3 is 11.9 Å². The Morgan fingerprint density at radius 3 is 2.14 bits per heavy atom. The highest BCUT2D eigenvalue weighted by Gasteiger charge is 2.70. The number of ether oxygens (including phenoxy) is 3. The Bertz CT molecular complexity index is 1140. The van der Waals surface area contributed by atoms with Crippen LogP contribution in [0.1, 0.15) is 107 Å². The Balaban J connectivity index is 1.48. The first-order chi connectivity index (χ1) is 19.2. The van der Waals surface area contributed by atoms with Gasteiger partial charge in [0, 0.05) is 24.7 Å². The van der Waals surface area contributed by atoms with Crippen molar-refractivity contribution in [1.29, 1.82) is 0 Å². The average molecular weight is 591 g/mol. The lowest BCUT2D eigenvalue weighted by molar-refractivity contribution is -0.353. The molecule has 0 aromatic rings. The van der Waals surface area contributed by atoms with Crippen molar-refractivity contribution in [2.75, 3.05) is 6.61 Å². The van der Waals surface area contributed by atoms with Crippen molar-refractivity contribution in [2.45, 2.75) is 137 Å². The molecule has 0 radical (unpaired) electrons. The van der Waals surface area contributed by atoms with E-state index in [0.29, 0.717) is 6.42 Å². The van der Waals surface area contributed by atoms with E-state index < -0.39 is 17.5 Å². The largest absolute Gasteiger partial charge is 0.462 e. The number of esters is 2. The standard InChI is InChI=1S/C34H54O8/c1-19(35)41-27-13-15-32(8)24-12-14-31(7)22(21-16-26(37)34(39,40-18-21)30(5,6)38)10-11-23(31)33(24,9)28(42-20(2)36)17-25(32)29(27,3)4/h11,21-22,24-28,37-39H,10,12-18H2,1-9H3/t21-,22+,24-,25+,26-,27-,28-,31+,32-,33+,34+/m1/s1. The number of carbonyl (C=O) groups excluding carboxylic acids is 2. The lowest BCUT2D eigenvalue weighted by Gasteiger charge is -2.69. The van der Waals surface area contributed by atoms with Crippen LogP contribution in [0.3, 0.4) is 0 Å². The summed E-state index contributed by atoms with van der Waals surface area (Å²) in [6.07, 6.45) is 6.37. The van der Waals surface area contributed by atoms with Crippen LogP contribution in [-0.2, 0) is 23.8 Å². The summed E-state index contributed by atoms with van der Waals surface area (Å²) in [6, 6.07) is 0. The molecule has 3 N–H and O–H groups in total. The summed E-state index contributed by atoms with van der Waals surface area (Å²) in [7, 11) is 0. The van der Waals surface area contributed by atoms with Gasteiger partial charge in [-0.05, 0) is 93.3 Å². The molecule has 3 saturated carbocycles. The number of allylic oxidation sites excluding steroid dienone is 1. The Hall–Kier alpha value is -1.48. The van der Waals surface area contributed by atoms with E-state index in [0.717, 1.165) is 38.5 Å². The zero-order chi connectivity index (χ0) is 31.3. The fraction of sp³-hybridized carbons (Fsp3) is 0.882. The third kappa shape index (κ3) is 4.44. The maximum atomic E-state index is 12.6. The Kier molecular flexibility index (Phi) is 7.61. The maximum Gasteiger partial charge on any atom is 0.302 e. The summed E-state index contributed by atoms with van der Waals surface area (Å²) in [6.45, 7) is 17.7. The first kappa shape index (κ1) is 31.9. The molecule has 8 heteroatoms. The second-order valence-electron chi connectivity index (χ2n) is 16.2. The minimum atomic E-state index is -2.01. The third-order valence-electron chi connectivity index (χ3n) is 13.2. The van der Waals surface area contributed by atoms with E-state index in [4.69, 9.17) is 14.2 Å². The lowest BCUT2D eigenvalue weighted by atomic mass is 9.37. The van der Waals surface area contributed by atoms with Gasteiger partial charge < -0.3 is 29.5 Å². The maximum absolute atomic E-state index is 12.6. The predicted molar refractivity (Wildman–Crippen MR) is 157 cm³/mol. The minimum absolute atomic E-state index is 0.0127. The summed E-state index contributed by atoms with van der Waals surface area (Å²) in [5, 5.41) is 32.5. The summed E-state index contributed by atoms with van der Waals surface area (Å²) in [5.41, 5.74) is -1.04. The number of hydrogen-bond acceptors (Lipinski definition) is 8. The van der Waals surface area contributed by atoms with Gasteiger partial charge in [0.05, 0.1) is 6.61 Å². The van der Waals surface area contributed by atoms with Crippen molar-refractivity contribution in [3.05, 3.63) is 11.6 Å². The van der Waals surface area contributed by atoms with E-state index >= 15 is 0 Å². The van der Waals surface area contributed by atoms with E-state index in [1.54, 1.807) is 0 Å². The van der Waals surface area contributed by atoms with Gasteiger partial charge in [-0.2, -0.15) is 0 Å². The number of aliphatic hydroxyl groups is 3. The zero-order valence-corrected chi connectivity index (χ0v) is 27.2. The molecule has 0 aromatic carbocycles. The van der Waals surface area contributed by atoms with Crippen molar-refractivity contribution < 1.29 is 39.1 Å². The third-order valence-corrected chi connectivity index (χ3v) is 13.2. The van der Waals surface area contributed by atoms with Crippen molar-refractivity contribution in [3.63, 3.8) is 0 Å². The summed E-state index contributed by atoms with van der Waals surface area (Å²) in [4.78, 5) is 24.6. The fourth-order valence-corrected chi connectivity index (χ4v) is 11.2. The van der Waals surface area contributed by atoms with Crippen molar-refractivity contribution in [1.82, 2.24) is 0 Å². The van der Waals surface area contributed by atoms with Crippen LogP contribution in [0.5, 0.6) is 0 Å². The molecule has 5 rings (SSSR count). The number of carbonyl (C=O) groups is 2. The highest BCUT2D eigenvalue weighted by Crippen LogP contribution is 2.74. The van der Waals surface area contributed by atoms with Crippen molar-refractivity contribution in [3.8, 4) is 0 Å². The molecule has 5 aliphatic rings. The highest BCUT2D eigenvalue weighted by molar-refractivity contribution is 5.67. The second-order valence-corrected chi connectivity index (χ2v) is 16.2. The average Bonchev–Trinajstić information content (AvgIpc) is 3.21. The van der Waals surface area contributed by atoms with Crippen LogP contribution in [0, 0.1) is 45.3 Å². The molecule has 4 fully saturated rings. The molecule has 0 bridgehead atoms. The molecule has 1 heterocycles. The van der Waals surface area contributed by atoms with Gasteiger partial charge in [0.1, 0.15) is 23.9 Å². The molecular formula is C34H54O8. The molecule has 0 amide bonds. The van der Waals surface area contributed by atoms with Gasteiger partial charge in [0.2, 0.25) is 5.79 Å².